The van der Waals surface area contributed by atoms with Crippen LogP contribution in [0.25, 0.3) is 0 Å². The number of carbonyl (C=O) groups excluding carboxylic acids is 1. The molecule has 0 saturated heterocycles. The van der Waals surface area contributed by atoms with Crippen LogP contribution in [-0.4, -0.2) is 17.0 Å². The molecule has 0 aliphatic carbocycles. The average Bonchev–Trinajstić information content (AvgIpc) is 2.60. The van der Waals surface area contributed by atoms with E-state index in [9.17, 15) is 22.8 Å². The van der Waals surface area contributed by atoms with E-state index in [1.165, 1.54) is 12.1 Å². The maximum atomic E-state index is 13.0. The molecule has 0 spiro atoms. The molecule has 1 heterocycles. The number of nitrogens with one attached hydrogen (secondary N) is 1. The van der Waals surface area contributed by atoms with E-state index in [0.29, 0.717) is 6.07 Å². The van der Waals surface area contributed by atoms with Gasteiger partial charge in [-0.3, -0.25) is 4.79 Å². The van der Waals surface area contributed by atoms with Gasteiger partial charge in [-0.05, 0) is 24.3 Å². The molecule has 3 rings (SSSR count). The van der Waals surface area contributed by atoms with Crippen LogP contribution in [0.5, 0.6) is 11.5 Å². The molecule has 0 unspecified atom stereocenters. The lowest BCUT2D eigenvalue weighted by Crippen LogP contribution is -2.15. The van der Waals surface area contributed by atoms with Crippen molar-refractivity contribution in [3.8, 4) is 11.5 Å². The third-order valence-corrected chi connectivity index (χ3v) is 3.26. The quantitative estimate of drug-likeness (QED) is 0.838. The summed E-state index contributed by atoms with van der Waals surface area (Å²) in [5.74, 6) is -2.55. The van der Waals surface area contributed by atoms with Crippen molar-refractivity contribution in [2.75, 3.05) is 5.32 Å². The summed E-state index contributed by atoms with van der Waals surface area (Å²) in [5, 5.41) is 11.3. The number of hydrogen-bond donors (Lipinski definition) is 2. The normalized spacial score (nSPS) is 13.3. The SMILES string of the molecule is O=C1Nc2cc(C(=O)O)c(C(F)(F)F)cc2Oc2ccccc21. The van der Waals surface area contributed by atoms with Gasteiger partial charge in [-0.2, -0.15) is 13.2 Å². The molecule has 0 atom stereocenters. The first-order valence-corrected chi connectivity index (χ1v) is 6.34. The highest BCUT2D eigenvalue weighted by molar-refractivity contribution is 6.08. The highest BCUT2D eigenvalue weighted by atomic mass is 19.4. The van der Waals surface area contributed by atoms with Crippen molar-refractivity contribution in [2.45, 2.75) is 6.18 Å². The first kappa shape index (κ1) is 14.9. The molecule has 0 radical (unpaired) electrons. The number of hydrogen-bond acceptors (Lipinski definition) is 3. The molecule has 2 N–H and O–H groups in total. The van der Waals surface area contributed by atoms with E-state index in [0.717, 1.165) is 6.07 Å². The topological polar surface area (TPSA) is 75.6 Å². The number of para-hydroxylation sites is 1. The molecule has 0 aromatic heterocycles. The fourth-order valence-electron chi connectivity index (χ4n) is 2.22. The van der Waals surface area contributed by atoms with Gasteiger partial charge in [0.05, 0.1) is 22.4 Å². The Balaban J connectivity index is 2.22. The summed E-state index contributed by atoms with van der Waals surface area (Å²) in [7, 11) is 0. The van der Waals surface area contributed by atoms with Gasteiger partial charge in [0.1, 0.15) is 5.75 Å². The Labute approximate surface area is 127 Å². The monoisotopic (exact) mass is 323 g/mol. The van der Waals surface area contributed by atoms with Crippen molar-refractivity contribution in [1.82, 2.24) is 0 Å². The standard InChI is InChI=1S/C15H8F3NO4/c16-15(17,18)9-6-12-10(5-8(9)14(21)22)19-13(20)7-3-1-2-4-11(7)23-12/h1-6H,(H,19,20)(H,21,22). The number of rotatable bonds is 1. The minimum Gasteiger partial charge on any atom is -0.478 e. The predicted molar refractivity (Wildman–Crippen MR) is 72.9 cm³/mol. The summed E-state index contributed by atoms with van der Waals surface area (Å²) in [5.41, 5.74) is -2.32. The van der Waals surface area contributed by atoms with Gasteiger partial charge in [-0.1, -0.05) is 12.1 Å². The van der Waals surface area contributed by atoms with Crippen LogP contribution in [-0.2, 0) is 6.18 Å². The Hall–Kier alpha value is -3.03. The van der Waals surface area contributed by atoms with Gasteiger partial charge in [0.15, 0.2) is 5.75 Å². The van der Waals surface area contributed by atoms with E-state index in [4.69, 9.17) is 9.84 Å². The zero-order valence-corrected chi connectivity index (χ0v) is 11.3. The van der Waals surface area contributed by atoms with E-state index < -0.39 is 29.2 Å². The molecule has 5 nitrogen and oxygen atoms in total. The molecular formula is C15H8F3NO4. The van der Waals surface area contributed by atoms with Crippen molar-refractivity contribution >= 4 is 17.6 Å². The van der Waals surface area contributed by atoms with Crippen LogP contribution >= 0.6 is 0 Å². The lowest BCUT2D eigenvalue weighted by molar-refractivity contribution is -0.138. The van der Waals surface area contributed by atoms with Crippen LogP contribution in [0.1, 0.15) is 26.3 Å². The molecule has 23 heavy (non-hydrogen) atoms. The van der Waals surface area contributed by atoms with Gasteiger partial charge in [-0.25, -0.2) is 4.79 Å². The highest BCUT2D eigenvalue weighted by Gasteiger charge is 2.37. The van der Waals surface area contributed by atoms with Crippen molar-refractivity contribution in [3.05, 3.63) is 53.1 Å². The first-order valence-electron chi connectivity index (χ1n) is 6.34. The smallest absolute Gasteiger partial charge is 0.417 e. The van der Waals surface area contributed by atoms with Crippen LogP contribution < -0.4 is 10.1 Å². The fraction of sp³-hybridized carbons (Fsp3) is 0.0667. The molecule has 0 saturated carbocycles. The van der Waals surface area contributed by atoms with Gasteiger partial charge in [-0.15, -0.1) is 0 Å². The van der Waals surface area contributed by atoms with E-state index in [-0.39, 0.29) is 22.7 Å². The van der Waals surface area contributed by atoms with Crippen molar-refractivity contribution in [3.63, 3.8) is 0 Å². The Kier molecular flexibility index (Phi) is 3.24. The molecule has 1 aliphatic rings. The fourth-order valence-corrected chi connectivity index (χ4v) is 2.22. The van der Waals surface area contributed by atoms with Gasteiger partial charge >= 0.3 is 12.1 Å². The molecule has 0 bridgehead atoms. The lowest BCUT2D eigenvalue weighted by atomic mass is 10.1. The first-order chi connectivity index (χ1) is 10.8. The van der Waals surface area contributed by atoms with E-state index >= 15 is 0 Å². The Bertz CT molecular complexity index is 830. The van der Waals surface area contributed by atoms with Gasteiger partial charge in [0, 0.05) is 0 Å². The molecule has 2 aromatic carbocycles. The average molecular weight is 323 g/mol. The summed E-state index contributed by atoms with van der Waals surface area (Å²) in [6.07, 6.45) is -4.87. The Morgan fingerprint density at radius 3 is 2.48 bits per heavy atom. The number of carboxylic acid groups (broad SMARTS) is 1. The molecule has 2 aromatic rings. The zero-order chi connectivity index (χ0) is 16.8. The van der Waals surface area contributed by atoms with Crippen LogP contribution in [0, 0.1) is 0 Å². The number of carboxylic acids is 1. The van der Waals surface area contributed by atoms with E-state index in [2.05, 4.69) is 5.32 Å². The number of anilines is 1. The predicted octanol–water partition coefficient (Wildman–Crippen LogP) is 3.76. The Morgan fingerprint density at radius 2 is 1.83 bits per heavy atom. The van der Waals surface area contributed by atoms with Crippen molar-refractivity contribution < 1.29 is 32.6 Å². The van der Waals surface area contributed by atoms with Gasteiger partial charge < -0.3 is 15.2 Å². The molecule has 1 amide bonds. The molecule has 1 aliphatic heterocycles. The summed E-state index contributed by atoms with van der Waals surface area (Å²) < 4.78 is 44.5. The number of aromatic carboxylic acids is 1. The summed E-state index contributed by atoms with van der Waals surface area (Å²) >= 11 is 0. The van der Waals surface area contributed by atoms with Gasteiger partial charge in [0.2, 0.25) is 0 Å². The molecule has 8 heteroatoms. The summed E-state index contributed by atoms with van der Waals surface area (Å²) in [6, 6.07) is 7.32. The third kappa shape index (κ3) is 2.59. The second-order valence-electron chi connectivity index (χ2n) is 4.75. The lowest BCUT2D eigenvalue weighted by Gasteiger charge is -2.14. The minimum absolute atomic E-state index is 0.0833. The van der Waals surface area contributed by atoms with Crippen LogP contribution in [0.3, 0.4) is 0 Å². The van der Waals surface area contributed by atoms with Crippen molar-refractivity contribution in [1.29, 1.82) is 0 Å². The number of benzene rings is 2. The maximum absolute atomic E-state index is 13.0. The third-order valence-electron chi connectivity index (χ3n) is 3.26. The number of ether oxygens (including phenoxy) is 1. The number of amides is 1. The van der Waals surface area contributed by atoms with Gasteiger partial charge in [0.25, 0.3) is 5.91 Å². The Morgan fingerprint density at radius 1 is 1.13 bits per heavy atom. The molecule has 118 valence electrons. The van der Waals surface area contributed by atoms with E-state index in [1.54, 1.807) is 12.1 Å². The van der Waals surface area contributed by atoms with Crippen LogP contribution in [0.4, 0.5) is 18.9 Å². The summed E-state index contributed by atoms with van der Waals surface area (Å²) in [4.78, 5) is 23.2. The number of halogens is 3. The minimum atomic E-state index is -4.87. The molecule has 0 fully saturated rings. The van der Waals surface area contributed by atoms with Crippen molar-refractivity contribution in [2.24, 2.45) is 0 Å². The maximum Gasteiger partial charge on any atom is 0.417 e. The summed E-state index contributed by atoms with van der Waals surface area (Å²) in [6.45, 7) is 0. The van der Waals surface area contributed by atoms with Crippen LogP contribution in [0.15, 0.2) is 36.4 Å². The second kappa shape index (κ2) is 5.01. The van der Waals surface area contributed by atoms with E-state index in [1.807, 2.05) is 0 Å². The largest absolute Gasteiger partial charge is 0.478 e. The number of fused-ring (bicyclic) bond motifs is 2. The zero-order valence-electron chi connectivity index (χ0n) is 11.3. The molecular weight excluding hydrogens is 315 g/mol. The number of alkyl halides is 3. The number of carbonyl (C=O) groups is 2. The second-order valence-corrected chi connectivity index (χ2v) is 4.75. The highest BCUT2D eigenvalue weighted by Crippen LogP contribution is 2.42. The van der Waals surface area contributed by atoms with Crippen LogP contribution in [0.2, 0.25) is 0 Å².